The number of morpholine rings is 1. The van der Waals surface area contributed by atoms with Gasteiger partial charge in [-0.2, -0.15) is 13.2 Å². The summed E-state index contributed by atoms with van der Waals surface area (Å²) in [6.45, 7) is 2.25. The van der Waals surface area contributed by atoms with Crippen LogP contribution in [-0.2, 0) is 4.74 Å². The molecule has 0 amide bonds. The first kappa shape index (κ1) is 17.2. The van der Waals surface area contributed by atoms with Gasteiger partial charge >= 0.3 is 6.18 Å². The maximum atomic E-state index is 13.8. The van der Waals surface area contributed by atoms with Gasteiger partial charge in [-0.25, -0.2) is 19.4 Å². The summed E-state index contributed by atoms with van der Waals surface area (Å²) >= 11 is 0. The van der Waals surface area contributed by atoms with Crippen molar-refractivity contribution in [2.45, 2.75) is 6.18 Å². The van der Waals surface area contributed by atoms with Gasteiger partial charge in [0, 0.05) is 18.7 Å². The van der Waals surface area contributed by atoms with E-state index < -0.39 is 17.7 Å². The fourth-order valence-electron chi connectivity index (χ4n) is 3.13. The molecule has 1 fully saturated rings. The van der Waals surface area contributed by atoms with Gasteiger partial charge in [-0.05, 0) is 36.4 Å². The third kappa shape index (κ3) is 3.13. The van der Waals surface area contributed by atoms with Gasteiger partial charge in [0.25, 0.3) is 0 Å². The van der Waals surface area contributed by atoms with Gasteiger partial charge in [0.05, 0.1) is 25.5 Å². The lowest BCUT2D eigenvalue weighted by Crippen LogP contribution is -2.55. The second-order valence-electron chi connectivity index (χ2n) is 6.03. The number of alkyl halides is 3. The van der Waals surface area contributed by atoms with Crippen LogP contribution in [0.3, 0.4) is 0 Å². The molecule has 0 aliphatic carbocycles. The van der Waals surface area contributed by atoms with Crippen molar-refractivity contribution in [3.8, 4) is 0 Å². The van der Waals surface area contributed by atoms with Crippen LogP contribution in [-0.4, -0.2) is 59.9 Å². The highest BCUT2D eigenvalue weighted by atomic mass is 19.4. The quantitative estimate of drug-likeness (QED) is 0.752. The molecule has 5 nitrogen and oxygen atoms in total. The Bertz CT molecular complexity index is 779. The van der Waals surface area contributed by atoms with E-state index in [0.717, 1.165) is 11.1 Å². The zero-order chi connectivity index (χ0) is 18.3. The molecular weight excluding hydrogens is 352 g/mol. The summed E-state index contributed by atoms with van der Waals surface area (Å²) in [5.41, 5.74) is -0.232. The molecule has 3 aliphatic heterocycles. The van der Waals surface area contributed by atoms with E-state index >= 15 is 0 Å². The Morgan fingerprint density at radius 3 is 2.38 bits per heavy atom. The number of hydrogen-bond acceptors (Lipinski definition) is 5. The third-order valence-corrected chi connectivity index (χ3v) is 4.37. The number of nitrogens with zero attached hydrogens (tertiary/aromatic N) is 4. The van der Waals surface area contributed by atoms with Gasteiger partial charge in [-0.3, -0.25) is 0 Å². The normalized spacial score (nSPS) is 22.0. The molecule has 0 N–H and O–H groups in total. The molecule has 1 aromatic rings. The van der Waals surface area contributed by atoms with Crippen molar-refractivity contribution in [2.75, 3.05) is 32.8 Å². The predicted molar refractivity (Wildman–Crippen MR) is 86.1 cm³/mol. The van der Waals surface area contributed by atoms with Crippen molar-refractivity contribution in [1.29, 1.82) is 0 Å². The highest BCUT2D eigenvalue weighted by Crippen LogP contribution is 2.38. The predicted octanol–water partition coefficient (Wildman–Crippen LogP) is 2.70. The summed E-state index contributed by atoms with van der Waals surface area (Å²) in [5, 5.41) is 4.46. The van der Waals surface area contributed by atoms with Crippen LogP contribution in [0.1, 0.15) is 5.56 Å². The smallest absolute Gasteiger partial charge is 0.379 e. The molecule has 0 unspecified atom stereocenters. The van der Waals surface area contributed by atoms with E-state index in [1.165, 1.54) is 24.3 Å². The molecule has 0 saturated carbocycles. The lowest BCUT2D eigenvalue weighted by atomic mass is 10.1. The van der Waals surface area contributed by atoms with Gasteiger partial charge in [-0.1, -0.05) is 0 Å². The van der Waals surface area contributed by atoms with Crippen molar-refractivity contribution >= 4 is 5.71 Å². The van der Waals surface area contributed by atoms with E-state index in [1.807, 2.05) is 5.01 Å². The summed E-state index contributed by atoms with van der Waals surface area (Å²) in [7, 11) is 0. The Kier molecular flexibility index (Phi) is 4.29. The van der Waals surface area contributed by atoms with E-state index in [1.54, 1.807) is 11.2 Å². The number of hydrogen-bond donors (Lipinski definition) is 0. The molecule has 0 aromatic heterocycles. The zero-order valence-electron chi connectivity index (χ0n) is 13.7. The monoisotopic (exact) mass is 368 g/mol. The Morgan fingerprint density at radius 2 is 1.73 bits per heavy atom. The fraction of sp³-hybridized carbons (Fsp3) is 0.353. The Balaban J connectivity index is 1.70. The van der Waals surface area contributed by atoms with Crippen LogP contribution in [0.25, 0.3) is 0 Å². The van der Waals surface area contributed by atoms with Crippen LogP contribution in [0.2, 0.25) is 0 Å². The van der Waals surface area contributed by atoms with Crippen molar-refractivity contribution in [3.05, 3.63) is 59.3 Å². The highest BCUT2D eigenvalue weighted by Gasteiger charge is 2.46. The summed E-state index contributed by atoms with van der Waals surface area (Å²) in [5.74, 6) is -0.240. The molecule has 9 heteroatoms. The summed E-state index contributed by atoms with van der Waals surface area (Å²) in [6, 6.07) is 5.25. The lowest BCUT2D eigenvalue weighted by molar-refractivity contribution is -0.197. The number of aliphatic imine (C=N–C) groups is 1. The van der Waals surface area contributed by atoms with Crippen LogP contribution >= 0.6 is 0 Å². The summed E-state index contributed by atoms with van der Waals surface area (Å²) in [6.07, 6.45) is -1.91. The second kappa shape index (κ2) is 6.49. The van der Waals surface area contributed by atoms with Gasteiger partial charge in [0.15, 0.2) is 0 Å². The number of fused-ring (bicyclic) bond motifs is 1. The highest BCUT2D eigenvalue weighted by molar-refractivity contribution is 6.10. The number of allylic oxidation sites excluding steroid dienone is 2. The average Bonchev–Trinajstić information content (AvgIpc) is 3.05. The molecule has 3 aliphatic rings. The topological polar surface area (TPSA) is 31.3 Å². The van der Waals surface area contributed by atoms with Crippen molar-refractivity contribution in [2.24, 2.45) is 4.99 Å². The average molecular weight is 368 g/mol. The molecule has 138 valence electrons. The Morgan fingerprint density at radius 1 is 1.04 bits per heavy atom. The van der Waals surface area contributed by atoms with Crippen molar-refractivity contribution in [3.63, 3.8) is 0 Å². The molecule has 0 spiro atoms. The molecule has 0 bridgehead atoms. The van der Waals surface area contributed by atoms with Crippen LogP contribution in [0, 0.1) is 5.82 Å². The molecular formula is C17H16F4N4O. The molecule has 26 heavy (non-hydrogen) atoms. The zero-order valence-corrected chi connectivity index (χ0v) is 13.7. The van der Waals surface area contributed by atoms with Crippen LogP contribution in [0.15, 0.2) is 52.9 Å². The van der Waals surface area contributed by atoms with Crippen LogP contribution in [0.4, 0.5) is 17.6 Å². The van der Waals surface area contributed by atoms with E-state index in [9.17, 15) is 17.6 Å². The minimum atomic E-state index is -4.56. The second-order valence-corrected chi connectivity index (χ2v) is 6.03. The first-order valence-corrected chi connectivity index (χ1v) is 8.17. The molecule has 4 rings (SSSR count). The van der Waals surface area contributed by atoms with E-state index in [-0.39, 0.29) is 11.5 Å². The van der Waals surface area contributed by atoms with Crippen LogP contribution < -0.4 is 0 Å². The maximum absolute atomic E-state index is 13.8. The molecule has 3 heterocycles. The minimum absolute atomic E-state index is 0.156. The van der Waals surface area contributed by atoms with Crippen molar-refractivity contribution in [1.82, 2.24) is 15.1 Å². The standard InChI is InChI=1S/C17H16F4N4O/c18-13-3-1-12(2-4-13)14-11-15(17(19,20)21)25-16(22-14)5-6-24(25)23-7-9-26-10-8-23/h1-5,11H,6-10H2. The van der Waals surface area contributed by atoms with Gasteiger partial charge in [0.2, 0.25) is 0 Å². The van der Waals surface area contributed by atoms with E-state index in [4.69, 9.17) is 4.74 Å². The number of rotatable bonds is 2. The maximum Gasteiger partial charge on any atom is 0.433 e. The fourth-order valence-corrected chi connectivity index (χ4v) is 3.13. The SMILES string of the molecule is Fc1ccc(C2=NC3=CCN(N4CCOCC4)N3C(C(F)(F)F)=C2)cc1. The number of benzene rings is 1. The number of ether oxygens (including phenoxy) is 1. The van der Waals surface area contributed by atoms with E-state index in [2.05, 4.69) is 4.99 Å². The minimum Gasteiger partial charge on any atom is -0.379 e. The number of hydrazine groups is 2. The van der Waals surface area contributed by atoms with Gasteiger partial charge < -0.3 is 4.74 Å². The summed E-state index contributed by atoms with van der Waals surface area (Å²) in [4.78, 5) is 4.36. The van der Waals surface area contributed by atoms with E-state index in [0.29, 0.717) is 38.4 Å². The van der Waals surface area contributed by atoms with Gasteiger partial charge in [0.1, 0.15) is 17.3 Å². The lowest BCUT2D eigenvalue weighted by Gasteiger charge is -2.42. The van der Waals surface area contributed by atoms with Crippen molar-refractivity contribution < 1.29 is 22.3 Å². The largest absolute Gasteiger partial charge is 0.433 e. The molecule has 1 aromatic carbocycles. The first-order chi connectivity index (χ1) is 12.4. The third-order valence-electron chi connectivity index (χ3n) is 4.37. The van der Waals surface area contributed by atoms with Gasteiger partial charge in [-0.15, -0.1) is 5.12 Å². The van der Waals surface area contributed by atoms with Crippen LogP contribution in [0.5, 0.6) is 0 Å². The Labute approximate surface area is 147 Å². The number of halogens is 4. The Hall–Kier alpha value is -2.23. The first-order valence-electron chi connectivity index (χ1n) is 8.17. The molecule has 0 atom stereocenters. The molecule has 1 saturated heterocycles. The summed E-state index contributed by atoms with van der Waals surface area (Å²) < 4.78 is 59.6. The molecule has 0 radical (unpaired) electrons.